The highest BCUT2D eigenvalue weighted by Gasteiger charge is 2.02. The Balaban J connectivity index is 1.64. The lowest BCUT2D eigenvalue weighted by atomic mass is 10.3. The van der Waals surface area contributed by atoms with Gasteiger partial charge in [0, 0.05) is 12.2 Å². The summed E-state index contributed by atoms with van der Waals surface area (Å²) in [5.74, 6) is 2.74. The minimum Gasteiger partial charge on any atom is -0.457 e. The van der Waals surface area contributed by atoms with Gasteiger partial charge < -0.3 is 15.4 Å². The van der Waals surface area contributed by atoms with E-state index >= 15 is 0 Å². The summed E-state index contributed by atoms with van der Waals surface area (Å²) in [5.41, 5.74) is 0.900. The fourth-order valence-electron chi connectivity index (χ4n) is 2.05. The molecule has 0 unspecified atom stereocenters. The van der Waals surface area contributed by atoms with Crippen LogP contribution < -0.4 is 15.4 Å². The Labute approximate surface area is 140 Å². The molecule has 24 heavy (non-hydrogen) atoms. The van der Waals surface area contributed by atoms with E-state index in [2.05, 4.69) is 32.7 Å². The molecular formula is C18H19N5O. The van der Waals surface area contributed by atoms with Crippen molar-refractivity contribution in [3.8, 4) is 11.5 Å². The Morgan fingerprint density at radius 1 is 0.958 bits per heavy atom. The molecule has 0 spiro atoms. The van der Waals surface area contributed by atoms with Crippen LogP contribution in [0.4, 0.5) is 17.5 Å². The van der Waals surface area contributed by atoms with Crippen LogP contribution >= 0.6 is 0 Å². The number of nitrogens with one attached hydrogen (secondary N) is 2. The third kappa shape index (κ3) is 4.42. The fourth-order valence-corrected chi connectivity index (χ4v) is 2.05. The Morgan fingerprint density at radius 3 is 2.46 bits per heavy atom. The summed E-state index contributed by atoms with van der Waals surface area (Å²) in [6.07, 6.45) is 2.59. The molecule has 6 heteroatoms. The number of hydrogen-bond acceptors (Lipinski definition) is 6. The Bertz CT molecular complexity index is 762. The van der Waals surface area contributed by atoms with Gasteiger partial charge in [-0.15, -0.1) is 5.10 Å². The van der Waals surface area contributed by atoms with E-state index in [-0.39, 0.29) is 0 Å². The number of ether oxygens (including phenoxy) is 1. The van der Waals surface area contributed by atoms with Gasteiger partial charge in [-0.25, -0.2) is 0 Å². The molecule has 0 saturated heterocycles. The first kappa shape index (κ1) is 15.7. The highest BCUT2D eigenvalue weighted by atomic mass is 16.5. The molecular weight excluding hydrogens is 302 g/mol. The van der Waals surface area contributed by atoms with Crippen molar-refractivity contribution < 1.29 is 4.74 Å². The average molecular weight is 321 g/mol. The Hall–Kier alpha value is -3.15. The third-order valence-corrected chi connectivity index (χ3v) is 3.20. The van der Waals surface area contributed by atoms with Crippen molar-refractivity contribution in [2.45, 2.75) is 13.3 Å². The summed E-state index contributed by atoms with van der Waals surface area (Å²) >= 11 is 0. The van der Waals surface area contributed by atoms with Gasteiger partial charge in [-0.2, -0.15) is 10.1 Å². The molecule has 122 valence electrons. The van der Waals surface area contributed by atoms with Crippen molar-refractivity contribution in [2.75, 3.05) is 17.2 Å². The van der Waals surface area contributed by atoms with Gasteiger partial charge in [-0.1, -0.05) is 25.1 Å². The maximum absolute atomic E-state index is 5.77. The number of benzene rings is 2. The van der Waals surface area contributed by atoms with Crippen LogP contribution in [-0.2, 0) is 0 Å². The summed E-state index contributed by atoms with van der Waals surface area (Å²) in [4.78, 5) is 4.37. The molecule has 0 bridgehead atoms. The lowest BCUT2D eigenvalue weighted by Gasteiger charge is -2.09. The fraction of sp³-hybridized carbons (Fsp3) is 0.167. The maximum Gasteiger partial charge on any atom is 0.244 e. The van der Waals surface area contributed by atoms with Crippen molar-refractivity contribution in [2.24, 2.45) is 0 Å². The van der Waals surface area contributed by atoms with E-state index in [1.165, 1.54) is 0 Å². The van der Waals surface area contributed by atoms with Gasteiger partial charge in [0.2, 0.25) is 5.95 Å². The van der Waals surface area contributed by atoms with Crippen LogP contribution in [0.1, 0.15) is 13.3 Å². The second-order valence-corrected chi connectivity index (χ2v) is 5.16. The second kappa shape index (κ2) is 7.92. The topological polar surface area (TPSA) is 72.0 Å². The largest absolute Gasteiger partial charge is 0.457 e. The van der Waals surface area contributed by atoms with Crippen molar-refractivity contribution in [3.63, 3.8) is 0 Å². The predicted molar refractivity (Wildman–Crippen MR) is 94.8 cm³/mol. The summed E-state index contributed by atoms with van der Waals surface area (Å²) < 4.78 is 5.77. The Morgan fingerprint density at radius 2 is 1.71 bits per heavy atom. The Kier molecular flexibility index (Phi) is 5.19. The van der Waals surface area contributed by atoms with E-state index in [4.69, 9.17) is 4.74 Å². The molecule has 0 saturated carbocycles. The van der Waals surface area contributed by atoms with Crippen molar-refractivity contribution in [3.05, 3.63) is 60.8 Å². The number of nitrogens with zero attached hydrogens (tertiary/aromatic N) is 3. The normalized spacial score (nSPS) is 10.2. The maximum atomic E-state index is 5.77. The van der Waals surface area contributed by atoms with Crippen molar-refractivity contribution in [1.29, 1.82) is 0 Å². The summed E-state index contributed by atoms with van der Waals surface area (Å²) in [6.45, 7) is 2.90. The molecule has 0 amide bonds. The van der Waals surface area contributed by atoms with E-state index in [1.807, 2.05) is 54.6 Å². The van der Waals surface area contributed by atoms with E-state index < -0.39 is 0 Å². The van der Waals surface area contributed by atoms with Crippen molar-refractivity contribution in [1.82, 2.24) is 15.2 Å². The minimum atomic E-state index is 0.519. The zero-order valence-electron chi connectivity index (χ0n) is 13.4. The standard InChI is InChI=1S/C18H19N5O/c1-2-12-19-18-22-17(13-20-23-18)21-14-8-10-16(11-9-14)24-15-6-4-3-5-7-15/h3-11,13H,2,12H2,1H3,(H2,19,21,22,23). The predicted octanol–water partition coefficient (Wildman–Crippen LogP) is 4.23. The van der Waals surface area contributed by atoms with Gasteiger partial charge in [-0.05, 0) is 42.8 Å². The van der Waals surface area contributed by atoms with Crippen LogP contribution in [-0.4, -0.2) is 21.7 Å². The van der Waals surface area contributed by atoms with Gasteiger partial charge in [0.1, 0.15) is 11.5 Å². The van der Waals surface area contributed by atoms with E-state index in [0.717, 1.165) is 30.2 Å². The highest BCUT2D eigenvalue weighted by molar-refractivity contribution is 5.57. The van der Waals surface area contributed by atoms with Crippen LogP contribution in [0.5, 0.6) is 11.5 Å². The molecule has 1 heterocycles. The molecule has 0 aliphatic rings. The summed E-state index contributed by atoms with van der Waals surface area (Å²) in [6, 6.07) is 17.3. The molecule has 2 N–H and O–H groups in total. The average Bonchev–Trinajstić information content (AvgIpc) is 2.63. The first-order valence-electron chi connectivity index (χ1n) is 7.87. The van der Waals surface area contributed by atoms with E-state index in [9.17, 15) is 0 Å². The van der Waals surface area contributed by atoms with Gasteiger partial charge >= 0.3 is 0 Å². The third-order valence-electron chi connectivity index (χ3n) is 3.20. The van der Waals surface area contributed by atoms with Gasteiger partial charge in [0.15, 0.2) is 5.82 Å². The smallest absolute Gasteiger partial charge is 0.244 e. The SMILES string of the molecule is CCCNc1nncc(Nc2ccc(Oc3ccccc3)cc2)n1. The quantitative estimate of drug-likeness (QED) is 0.678. The second-order valence-electron chi connectivity index (χ2n) is 5.16. The van der Waals surface area contributed by atoms with Crippen LogP contribution in [0.15, 0.2) is 60.8 Å². The van der Waals surface area contributed by atoms with Crippen LogP contribution in [0.25, 0.3) is 0 Å². The van der Waals surface area contributed by atoms with Crippen molar-refractivity contribution >= 4 is 17.5 Å². The molecule has 0 aliphatic heterocycles. The first-order chi connectivity index (χ1) is 11.8. The van der Waals surface area contributed by atoms with E-state index in [0.29, 0.717) is 11.8 Å². The molecule has 0 radical (unpaired) electrons. The molecule has 2 aromatic carbocycles. The first-order valence-corrected chi connectivity index (χ1v) is 7.87. The monoisotopic (exact) mass is 321 g/mol. The number of para-hydroxylation sites is 1. The molecule has 0 aliphatic carbocycles. The molecule has 0 atom stereocenters. The lowest BCUT2D eigenvalue weighted by Crippen LogP contribution is -2.06. The molecule has 6 nitrogen and oxygen atoms in total. The summed E-state index contributed by atoms with van der Waals surface area (Å²) in [7, 11) is 0. The molecule has 3 rings (SSSR count). The zero-order valence-corrected chi connectivity index (χ0v) is 13.4. The molecule has 0 fully saturated rings. The number of aromatic nitrogens is 3. The van der Waals surface area contributed by atoms with Gasteiger partial charge in [0.25, 0.3) is 0 Å². The van der Waals surface area contributed by atoms with Crippen LogP contribution in [0.2, 0.25) is 0 Å². The molecule has 3 aromatic rings. The number of hydrogen-bond donors (Lipinski definition) is 2. The number of rotatable bonds is 7. The highest BCUT2D eigenvalue weighted by Crippen LogP contribution is 2.23. The van der Waals surface area contributed by atoms with E-state index in [1.54, 1.807) is 6.20 Å². The lowest BCUT2D eigenvalue weighted by molar-refractivity contribution is 0.483. The summed E-state index contributed by atoms with van der Waals surface area (Å²) in [5, 5.41) is 14.2. The van der Waals surface area contributed by atoms with Crippen LogP contribution in [0, 0.1) is 0 Å². The minimum absolute atomic E-state index is 0.519. The van der Waals surface area contributed by atoms with Gasteiger partial charge in [0.05, 0.1) is 6.20 Å². The van der Waals surface area contributed by atoms with Crippen LogP contribution in [0.3, 0.4) is 0 Å². The molecule has 1 aromatic heterocycles. The zero-order chi connectivity index (χ0) is 16.6. The number of anilines is 3. The van der Waals surface area contributed by atoms with Gasteiger partial charge in [-0.3, -0.25) is 0 Å².